The van der Waals surface area contributed by atoms with Gasteiger partial charge in [-0.25, -0.2) is 0 Å². The Morgan fingerprint density at radius 1 is 1.28 bits per heavy atom. The van der Waals surface area contributed by atoms with Crippen LogP contribution in [0, 0.1) is 11.8 Å². The summed E-state index contributed by atoms with van der Waals surface area (Å²) in [5.41, 5.74) is 2.79. The van der Waals surface area contributed by atoms with E-state index in [0.717, 1.165) is 37.1 Å². The summed E-state index contributed by atoms with van der Waals surface area (Å²) in [6.45, 7) is 6.29. The zero-order chi connectivity index (χ0) is 17.6. The molecule has 1 saturated carbocycles. The molecular weight excluding hydrogens is 316 g/mol. The number of aromatic nitrogens is 2. The number of carbonyl (C=O) groups is 2. The lowest BCUT2D eigenvalue weighted by Gasteiger charge is -2.34. The SMILES string of the molecule is CC(C)[C@H]1CN(C(=O)c2n[nH]c3c2CCC3)CCC(=O)N1CC1CC1. The molecule has 2 aliphatic carbocycles. The Hall–Kier alpha value is -1.85. The molecule has 1 N–H and O–H groups in total. The Morgan fingerprint density at radius 3 is 2.80 bits per heavy atom. The van der Waals surface area contributed by atoms with Crippen LogP contribution in [-0.4, -0.2) is 57.5 Å². The summed E-state index contributed by atoms with van der Waals surface area (Å²) in [6.07, 6.45) is 5.90. The topological polar surface area (TPSA) is 69.3 Å². The lowest BCUT2D eigenvalue weighted by molar-refractivity contribution is -0.133. The molecule has 1 aliphatic heterocycles. The van der Waals surface area contributed by atoms with Crippen molar-refractivity contribution < 1.29 is 9.59 Å². The van der Waals surface area contributed by atoms with Crippen molar-refractivity contribution in [3.05, 3.63) is 17.0 Å². The van der Waals surface area contributed by atoms with Crippen molar-refractivity contribution in [1.29, 1.82) is 0 Å². The molecule has 1 aromatic heterocycles. The number of hydrogen-bond donors (Lipinski definition) is 1. The molecule has 4 rings (SSSR count). The molecule has 3 aliphatic rings. The highest BCUT2D eigenvalue weighted by Crippen LogP contribution is 2.32. The molecule has 0 radical (unpaired) electrons. The molecule has 2 amide bonds. The fourth-order valence-corrected chi connectivity index (χ4v) is 4.19. The first-order valence-electron chi connectivity index (χ1n) is 9.69. The number of rotatable bonds is 4. The minimum absolute atomic E-state index is 0.00822. The van der Waals surface area contributed by atoms with Crippen LogP contribution in [0.1, 0.15) is 61.3 Å². The zero-order valence-electron chi connectivity index (χ0n) is 15.3. The summed E-state index contributed by atoms with van der Waals surface area (Å²) in [6, 6.07) is 0.103. The van der Waals surface area contributed by atoms with Crippen molar-refractivity contribution in [2.45, 2.75) is 58.4 Å². The second-order valence-corrected chi connectivity index (χ2v) is 8.18. The summed E-state index contributed by atoms with van der Waals surface area (Å²) >= 11 is 0. The molecular formula is C19H28N4O2. The van der Waals surface area contributed by atoms with Gasteiger partial charge in [-0.05, 0) is 43.9 Å². The van der Waals surface area contributed by atoms with Crippen molar-refractivity contribution in [1.82, 2.24) is 20.0 Å². The van der Waals surface area contributed by atoms with Gasteiger partial charge in [-0.3, -0.25) is 14.7 Å². The van der Waals surface area contributed by atoms with Crippen molar-refractivity contribution in [3.8, 4) is 0 Å². The summed E-state index contributed by atoms with van der Waals surface area (Å²) in [4.78, 5) is 29.7. The molecule has 0 unspecified atom stereocenters. The average molecular weight is 344 g/mol. The predicted octanol–water partition coefficient (Wildman–Crippen LogP) is 2.01. The van der Waals surface area contributed by atoms with E-state index < -0.39 is 0 Å². The van der Waals surface area contributed by atoms with Crippen molar-refractivity contribution in [3.63, 3.8) is 0 Å². The average Bonchev–Trinajstić information content (AvgIpc) is 3.17. The van der Waals surface area contributed by atoms with Crippen LogP contribution in [0.5, 0.6) is 0 Å². The maximum atomic E-state index is 13.1. The largest absolute Gasteiger partial charge is 0.337 e. The Morgan fingerprint density at radius 2 is 2.08 bits per heavy atom. The molecule has 1 atom stereocenters. The molecule has 0 spiro atoms. The maximum Gasteiger partial charge on any atom is 0.274 e. The second-order valence-electron chi connectivity index (χ2n) is 8.18. The highest BCUT2D eigenvalue weighted by atomic mass is 16.2. The minimum atomic E-state index is -0.00822. The van der Waals surface area contributed by atoms with E-state index in [1.165, 1.54) is 12.8 Å². The number of H-pyrrole nitrogens is 1. The predicted molar refractivity (Wildman–Crippen MR) is 94.2 cm³/mol. The Labute approximate surface area is 148 Å². The number of aryl methyl sites for hydroxylation is 1. The van der Waals surface area contributed by atoms with Crippen LogP contribution in [-0.2, 0) is 17.6 Å². The Balaban J connectivity index is 1.55. The van der Waals surface area contributed by atoms with Crippen LogP contribution in [0.15, 0.2) is 0 Å². The van der Waals surface area contributed by atoms with Crippen LogP contribution in [0.2, 0.25) is 0 Å². The van der Waals surface area contributed by atoms with E-state index in [0.29, 0.717) is 37.0 Å². The second kappa shape index (κ2) is 6.46. The number of aromatic amines is 1. The van der Waals surface area contributed by atoms with Gasteiger partial charge in [0.25, 0.3) is 5.91 Å². The third-order valence-corrected chi connectivity index (χ3v) is 5.94. The van der Waals surface area contributed by atoms with Crippen LogP contribution in [0.25, 0.3) is 0 Å². The molecule has 2 fully saturated rings. The standard InChI is InChI=1S/C19H28N4O2/c1-12(2)16-11-22(9-8-17(24)23(16)10-13-6-7-13)19(25)18-14-4-3-5-15(14)20-21-18/h12-13,16H,3-11H2,1-2H3,(H,20,21)/t16-/m1/s1. The van der Waals surface area contributed by atoms with Crippen molar-refractivity contribution >= 4 is 11.8 Å². The van der Waals surface area contributed by atoms with Gasteiger partial charge < -0.3 is 9.80 Å². The van der Waals surface area contributed by atoms with Gasteiger partial charge in [0.2, 0.25) is 5.91 Å². The minimum Gasteiger partial charge on any atom is -0.337 e. The van der Waals surface area contributed by atoms with Gasteiger partial charge in [0.15, 0.2) is 5.69 Å². The van der Waals surface area contributed by atoms with Gasteiger partial charge in [0.05, 0.1) is 6.04 Å². The molecule has 1 saturated heterocycles. The third-order valence-electron chi connectivity index (χ3n) is 5.94. The van der Waals surface area contributed by atoms with Gasteiger partial charge in [-0.1, -0.05) is 13.8 Å². The molecule has 1 aromatic rings. The smallest absolute Gasteiger partial charge is 0.274 e. The third kappa shape index (κ3) is 3.18. The van der Waals surface area contributed by atoms with E-state index in [1.807, 2.05) is 4.90 Å². The molecule has 136 valence electrons. The first-order valence-corrected chi connectivity index (χ1v) is 9.69. The monoisotopic (exact) mass is 344 g/mol. The van der Waals surface area contributed by atoms with Crippen LogP contribution < -0.4 is 0 Å². The maximum absolute atomic E-state index is 13.1. The fraction of sp³-hybridized carbons (Fsp3) is 0.737. The Kier molecular flexibility index (Phi) is 4.29. The summed E-state index contributed by atoms with van der Waals surface area (Å²) in [5.74, 6) is 1.20. The summed E-state index contributed by atoms with van der Waals surface area (Å²) in [7, 11) is 0. The fourth-order valence-electron chi connectivity index (χ4n) is 4.19. The molecule has 25 heavy (non-hydrogen) atoms. The number of amides is 2. The summed E-state index contributed by atoms with van der Waals surface area (Å²) in [5, 5.41) is 7.33. The molecule has 0 aromatic carbocycles. The first-order chi connectivity index (χ1) is 12.0. The van der Waals surface area contributed by atoms with Gasteiger partial charge in [0.1, 0.15) is 0 Å². The van der Waals surface area contributed by atoms with E-state index >= 15 is 0 Å². The number of carbonyl (C=O) groups excluding carboxylic acids is 2. The van der Waals surface area contributed by atoms with E-state index in [9.17, 15) is 9.59 Å². The van der Waals surface area contributed by atoms with E-state index in [2.05, 4.69) is 28.9 Å². The van der Waals surface area contributed by atoms with Crippen molar-refractivity contribution in [2.75, 3.05) is 19.6 Å². The molecule has 2 heterocycles. The quantitative estimate of drug-likeness (QED) is 0.908. The van der Waals surface area contributed by atoms with E-state index in [-0.39, 0.29) is 17.9 Å². The number of hydrogen-bond acceptors (Lipinski definition) is 3. The number of nitrogens with one attached hydrogen (secondary N) is 1. The normalized spacial score (nSPS) is 24.0. The summed E-state index contributed by atoms with van der Waals surface area (Å²) < 4.78 is 0. The molecule has 0 bridgehead atoms. The first kappa shape index (κ1) is 16.6. The number of fused-ring (bicyclic) bond motifs is 1. The molecule has 6 nitrogen and oxygen atoms in total. The van der Waals surface area contributed by atoms with Crippen LogP contribution in [0.4, 0.5) is 0 Å². The lowest BCUT2D eigenvalue weighted by atomic mass is 10.0. The van der Waals surface area contributed by atoms with E-state index in [1.54, 1.807) is 0 Å². The Bertz CT molecular complexity index is 677. The van der Waals surface area contributed by atoms with Crippen molar-refractivity contribution in [2.24, 2.45) is 11.8 Å². The van der Waals surface area contributed by atoms with Gasteiger partial charge in [-0.2, -0.15) is 5.10 Å². The van der Waals surface area contributed by atoms with Gasteiger partial charge >= 0.3 is 0 Å². The van der Waals surface area contributed by atoms with E-state index in [4.69, 9.17) is 0 Å². The highest BCUT2D eigenvalue weighted by Gasteiger charge is 2.37. The van der Waals surface area contributed by atoms with Crippen LogP contribution >= 0.6 is 0 Å². The number of nitrogens with zero attached hydrogens (tertiary/aromatic N) is 3. The van der Waals surface area contributed by atoms with Gasteiger partial charge in [-0.15, -0.1) is 0 Å². The highest BCUT2D eigenvalue weighted by molar-refractivity contribution is 5.94. The lowest BCUT2D eigenvalue weighted by Crippen LogP contribution is -2.48. The van der Waals surface area contributed by atoms with Crippen LogP contribution in [0.3, 0.4) is 0 Å². The van der Waals surface area contributed by atoms with Gasteiger partial charge in [0, 0.05) is 37.3 Å². The molecule has 6 heteroatoms. The zero-order valence-corrected chi connectivity index (χ0v) is 15.3.